The predicted molar refractivity (Wildman–Crippen MR) is 128 cm³/mol. The summed E-state index contributed by atoms with van der Waals surface area (Å²) in [5.41, 5.74) is 2.82. The molecule has 3 aromatic carbocycles. The second-order valence-electron chi connectivity index (χ2n) is 6.75. The molecule has 0 aliphatic heterocycles. The lowest BCUT2D eigenvalue weighted by atomic mass is 10.2. The number of rotatable bonds is 8. The first-order valence-electron chi connectivity index (χ1n) is 9.43. The second-order valence-corrected chi connectivity index (χ2v) is 9.91. The van der Waals surface area contributed by atoms with Crippen LogP contribution in [0, 0.1) is 5.82 Å². The Kier molecular flexibility index (Phi) is 8.45. The van der Waals surface area contributed by atoms with Crippen LogP contribution in [-0.2, 0) is 21.4 Å². The fourth-order valence-corrected chi connectivity index (χ4v) is 4.64. The Labute approximate surface area is 205 Å². The molecule has 11 heteroatoms. The molecule has 0 radical (unpaired) electrons. The van der Waals surface area contributed by atoms with Crippen LogP contribution >= 0.6 is 34.8 Å². The van der Waals surface area contributed by atoms with Gasteiger partial charge >= 0.3 is 0 Å². The van der Waals surface area contributed by atoms with Crippen molar-refractivity contribution in [3.05, 3.63) is 98.7 Å². The lowest BCUT2D eigenvalue weighted by molar-refractivity contribution is -0.121. The van der Waals surface area contributed by atoms with Gasteiger partial charge in [-0.25, -0.2) is 18.2 Å². The van der Waals surface area contributed by atoms with E-state index >= 15 is 0 Å². The minimum absolute atomic E-state index is 0.0924. The molecule has 0 heterocycles. The maximum atomic E-state index is 14.2. The Bertz CT molecular complexity index is 1290. The Morgan fingerprint density at radius 3 is 2.39 bits per heavy atom. The molecule has 0 saturated carbocycles. The highest BCUT2D eigenvalue weighted by atomic mass is 35.5. The Morgan fingerprint density at radius 2 is 1.70 bits per heavy atom. The number of hydrazone groups is 1. The zero-order chi connectivity index (χ0) is 24.0. The summed E-state index contributed by atoms with van der Waals surface area (Å²) in [6, 6.07) is 16.0. The van der Waals surface area contributed by atoms with Crippen molar-refractivity contribution in [2.75, 3.05) is 6.54 Å². The zero-order valence-corrected chi connectivity index (χ0v) is 20.0. The quantitative estimate of drug-likeness (QED) is 0.325. The molecule has 0 spiro atoms. The van der Waals surface area contributed by atoms with Crippen molar-refractivity contribution in [1.82, 2.24) is 9.73 Å². The minimum Gasteiger partial charge on any atom is -0.272 e. The van der Waals surface area contributed by atoms with Gasteiger partial charge in [-0.3, -0.25) is 4.79 Å². The van der Waals surface area contributed by atoms with Gasteiger partial charge in [0.2, 0.25) is 10.0 Å². The van der Waals surface area contributed by atoms with Gasteiger partial charge in [-0.2, -0.15) is 9.41 Å². The van der Waals surface area contributed by atoms with Crippen molar-refractivity contribution >= 4 is 56.9 Å². The van der Waals surface area contributed by atoms with Crippen LogP contribution in [0.3, 0.4) is 0 Å². The van der Waals surface area contributed by atoms with Gasteiger partial charge < -0.3 is 0 Å². The summed E-state index contributed by atoms with van der Waals surface area (Å²) < 4.78 is 41.4. The number of nitrogens with one attached hydrogen (secondary N) is 1. The summed E-state index contributed by atoms with van der Waals surface area (Å²) in [4.78, 5) is 12.4. The summed E-state index contributed by atoms with van der Waals surface area (Å²) in [6.45, 7) is -0.977. The third-order valence-electron chi connectivity index (χ3n) is 4.45. The summed E-state index contributed by atoms with van der Waals surface area (Å²) in [5.74, 6) is -1.33. The molecule has 172 valence electrons. The standard InChI is InChI=1S/C22H17Cl3FN3O3S/c23-17-8-10-18(11-9-17)33(31,32)29(13-16-4-1-2-7-20(16)26)14-21(30)28-27-12-15-5-3-6-19(24)22(15)25/h1-12H,13-14H2,(H,28,30)/b27-12-. The number of amides is 1. The van der Waals surface area contributed by atoms with E-state index in [1.54, 1.807) is 24.3 Å². The number of halogens is 4. The molecule has 3 rings (SSSR count). The van der Waals surface area contributed by atoms with Crippen LogP contribution in [-0.4, -0.2) is 31.4 Å². The van der Waals surface area contributed by atoms with Crippen molar-refractivity contribution < 1.29 is 17.6 Å². The van der Waals surface area contributed by atoms with Crippen molar-refractivity contribution in [3.8, 4) is 0 Å². The summed E-state index contributed by atoms with van der Waals surface area (Å²) in [6.07, 6.45) is 1.28. The molecular weight excluding hydrogens is 512 g/mol. The minimum atomic E-state index is -4.16. The van der Waals surface area contributed by atoms with E-state index in [4.69, 9.17) is 34.8 Å². The third-order valence-corrected chi connectivity index (χ3v) is 7.34. The van der Waals surface area contributed by atoms with Crippen LogP contribution in [0.4, 0.5) is 4.39 Å². The number of benzene rings is 3. The van der Waals surface area contributed by atoms with E-state index in [1.165, 1.54) is 48.7 Å². The first kappa shape index (κ1) is 25.1. The van der Waals surface area contributed by atoms with E-state index in [0.29, 0.717) is 15.6 Å². The maximum absolute atomic E-state index is 14.2. The summed E-state index contributed by atoms with van der Waals surface area (Å²) in [7, 11) is -4.16. The van der Waals surface area contributed by atoms with E-state index in [9.17, 15) is 17.6 Å². The molecule has 0 atom stereocenters. The van der Waals surface area contributed by atoms with E-state index in [1.807, 2.05) is 0 Å². The van der Waals surface area contributed by atoms with Crippen molar-refractivity contribution in [2.45, 2.75) is 11.4 Å². The molecule has 0 aromatic heterocycles. The third kappa shape index (κ3) is 6.52. The van der Waals surface area contributed by atoms with Gasteiger partial charge in [-0.05, 0) is 36.4 Å². The average Bonchev–Trinajstić information content (AvgIpc) is 2.78. The van der Waals surface area contributed by atoms with Gasteiger partial charge in [0.1, 0.15) is 5.82 Å². The number of sulfonamides is 1. The summed E-state index contributed by atoms with van der Waals surface area (Å²) in [5, 5.41) is 4.73. The first-order valence-corrected chi connectivity index (χ1v) is 12.0. The summed E-state index contributed by atoms with van der Waals surface area (Å²) >= 11 is 17.9. The molecule has 3 aromatic rings. The van der Waals surface area contributed by atoms with Crippen LogP contribution in [0.2, 0.25) is 15.1 Å². The lowest BCUT2D eigenvalue weighted by Gasteiger charge is -2.21. The predicted octanol–water partition coefficient (Wildman–Crippen LogP) is 5.13. The highest BCUT2D eigenvalue weighted by Crippen LogP contribution is 2.24. The molecule has 1 amide bonds. The SMILES string of the molecule is O=C(CN(Cc1ccccc1F)S(=O)(=O)c1ccc(Cl)cc1)N/N=C\c1cccc(Cl)c1Cl. The molecule has 0 bridgehead atoms. The van der Waals surface area contributed by atoms with Crippen molar-refractivity contribution in [2.24, 2.45) is 5.10 Å². The van der Waals surface area contributed by atoms with E-state index < -0.39 is 28.3 Å². The fraction of sp³-hybridized carbons (Fsp3) is 0.0909. The molecule has 0 aliphatic carbocycles. The molecule has 1 N–H and O–H groups in total. The second kappa shape index (κ2) is 11.1. The highest BCUT2D eigenvalue weighted by Gasteiger charge is 2.27. The van der Waals surface area contributed by atoms with Crippen LogP contribution in [0.25, 0.3) is 0 Å². The first-order chi connectivity index (χ1) is 15.7. The maximum Gasteiger partial charge on any atom is 0.255 e. The largest absolute Gasteiger partial charge is 0.272 e. The Morgan fingerprint density at radius 1 is 1.00 bits per heavy atom. The molecule has 0 aliphatic rings. The average molecular weight is 529 g/mol. The number of nitrogens with zero attached hydrogens (tertiary/aromatic N) is 2. The van der Waals surface area contributed by atoms with Crippen LogP contribution in [0.5, 0.6) is 0 Å². The van der Waals surface area contributed by atoms with Crippen LogP contribution in [0.15, 0.2) is 76.7 Å². The van der Waals surface area contributed by atoms with Gasteiger partial charge in [0.15, 0.2) is 0 Å². The molecule has 0 unspecified atom stereocenters. The van der Waals surface area contributed by atoms with Crippen LogP contribution < -0.4 is 5.43 Å². The zero-order valence-electron chi connectivity index (χ0n) is 16.9. The van der Waals surface area contributed by atoms with Gasteiger partial charge in [-0.15, -0.1) is 0 Å². The van der Waals surface area contributed by atoms with E-state index in [0.717, 1.165) is 4.31 Å². The van der Waals surface area contributed by atoms with E-state index in [2.05, 4.69) is 10.5 Å². The van der Waals surface area contributed by atoms with Gasteiger partial charge in [0.25, 0.3) is 5.91 Å². The normalized spacial score (nSPS) is 11.8. The number of carbonyl (C=O) groups is 1. The number of hydrogen-bond acceptors (Lipinski definition) is 4. The molecular formula is C22H17Cl3FN3O3S. The monoisotopic (exact) mass is 527 g/mol. The van der Waals surface area contributed by atoms with E-state index in [-0.39, 0.29) is 22.0 Å². The molecule has 0 fully saturated rings. The lowest BCUT2D eigenvalue weighted by Crippen LogP contribution is -2.39. The van der Waals surface area contributed by atoms with Gasteiger partial charge in [0.05, 0.1) is 27.7 Å². The smallest absolute Gasteiger partial charge is 0.255 e. The van der Waals surface area contributed by atoms with Gasteiger partial charge in [-0.1, -0.05) is 65.1 Å². The Balaban J connectivity index is 1.82. The number of carbonyl (C=O) groups excluding carboxylic acids is 1. The van der Waals surface area contributed by atoms with Crippen molar-refractivity contribution in [3.63, 3.8) is 0 Å². The topological polar surface area (TPSA) is 78.8 Å². The number of hydrogen-bond donors (Lipinski definition) is 1. The molecule has 33 heavy (non-hydrogen) atoms. The van der Waals surface area contributed by atoms with Crippen LogP contribution in [0.1, 0.15) is 11.1 Å². The highest BCUT2D eigenvalue weighted by molar-refractivity contribution is 7.89. The van der Waals surface area contributed by atoms with Gasteiger partial charge in [0, 0.05) is 22.7 Å². The Hall–Kier alpha value is -2.49. The fourth-order valence-electron chi connectivity index (χ4n) is 2.79. The molecule has 0 saturated heterocycles. The van der Waals surface area contributed by atoms with Crippen molar-refractivity contribution in [1.29, 1.82) is 0 Å². The molecule has 6 nitrogen and oxygen atoms in total.